The maximum Gasteiger partial charge on any atom is 0.446 e. The second kappa shape index (κ2) is 6.98. The summed E-state index contributed by atoms with van der Waals surface area (Å²) in [6, 6.07) is 0. The van der Waals surface area contributed by atoms with Crippen molar-refractivity contribution in [2.75, 3.05) is 13.1 Å². The van der Waals surface area contributed by atoms with Crippen molar-refractivity contribution in [2.24, 2.45) is 5.92 Å². The van der Waals surface area contributed by atoms with E-state index in [-0.39, 0.29) is 0 Å². The highest BCUT2D eigenvalue weighted by atomic mass is 19.4. The molecule has 4 nitrogen and oxygen atoms in total. The number of carbonyl (C=O) groups is 1. The van der Waals surface area contributed by atoms with Crippen LogP contribution < -0.4 is 5.32 Å². The molecule has 2 heterocycles. The Morgan fingerprint density at radius 1 is 1.24 bits per heavy atom. The number of carbonyl (C=O) groups excluding carboxylic acids is 1. The molecular formula is C14H18F3N3O. The number of hydrogen-bond acceptors (Lipinski definition) is 4. The third kappa shape index (κ3) is 5.79. The lowest BCUT2D eigenvalue weighted by molar-refractivity contribution is -0.156. The van der Waals surface area contributed by atoms with Gasteiger partial charge in [-0.05, 0) is 49.8 Å². The summed E-state index contributed by atoms with van der Waals surface area (Å²) < 4.78 is 31.2. The fourth-order valence-corrected chi connectivity index (χ4v) is 2.24. The van der Waals surface area contributed by atoms with Crippen LogP contribution in [0, 0.1) is 5.92 Å². The first kappa shape index (κ1) is 15.9. The number of rotatable bonds is 3. The zero-order chi connectivity index (χ0) is 15.3. The summed E-state index contributed by atoms with van der Waals surface area (Å²) in [5, 5.41) is 3.38. The van der Waals surface area contributed by atoms with Crippen LogP contribution in [0.25, 0.3) is 0 Å². The molecule has 0 bridgehead atoms. The maximum atomic E-state index is 10.4. The van der Waals surface area contributed by atoms with E-state index in [9.17, 15) is 13.2 Å². The molecular weight excluding hydrogens is 283 g/mol. The Balaban J connectivity index is 0.000000232. The van der Waals surface area contributed by atoms with Gasteiger partial charge in [-0.15, -0.1) is 0 Å². The topological polar surface area (TPSA) is 54.9 Å². The van der Waals surface area contributed by atoms with E-state index < -0.39 is 12.5 Å². The van der Waals surface area contributed by atoms with Crippen molar-refractivity contribution >= 4 is 6.29 Å². The number of alkyl halides is 3. The summed E-state index contributed by atoms with van der Waals surface area (Å²) in [5.74, 6) is 2.54. The van der Waals surface area contributed by atoms with Crippen LogP contribution in [-0.2, 0) is 11.2 Å². The molecule has 2 aliphatic rings. The first-order chi connectivity index (χ1) is 9.98. The van der Waals surface area contributed by atoms with E-state index >= 15 is 0 Å². The number of aldehydes is 1. The molecule has 1 atom stereocenters. The van der Waals surface area contributed by atoms with Gasteiger partial charge in [0.1, 0.15) is 5.82 Å². The Morgan fingerprint density at radius 2 is 1.86 bits per heavy atom. The monoisotopic (exact) mass is 301 g/mol. The zero-order valence-electron chi connectivity index (χ0n) is 11.6. The highest BCUT2D eigenvalue weighted by molar-refractivity contribution is 5.56. The van der Waals surface area contributed by atoms with Crippen molar-refractivity contribution in [1.82, 2.24) is 15.3 Å². The summed E-state index contributed by atoms with van der Waals surface area (Å²) in [7, 11) is 0. The van der Waals surface area contributed by atoms with Gasteiger partial charge < -0.3 is 5.32 Å². The molecule has 7 heteroatoms. The molecule has 1 aliphatic heterocycles. The quantitative estimate of drug-likeness (QED) is 0.870. The van der Waals surface area contributed by atoms with Crippen LogP contribution in [0.5, 0.6) is 0 Å². The molecule has 0 aromatic carbocycles. The maximum absolute atomic E-state index is 10.4. The molecule has 116 valence electrons. The van der Waals surface area contributed by atoms with Crippen LogP contribution in [0.15, 0.2) is 12.4 Å². The second-order valence-electron chi connectivity index (χ2n) is 5.43. The van der Waals surface area contributed by atoms with Gasteiger partial charge in [-0.25, -0.2) is 9.97 Å². The van der Waals surface area contributed by atoms with Crippen molar-refractivity contribution in [3.63, 3.8) is 0 Å². The molecule has 2 fully saturated rings. The number of nitrogens with zero attached hydrogens (tertiary/aromatic N) is 2. The molecule has 3 rings (SSSR count). The Bertz CT molecular complexity index is 452. The molecule has 1 aromatic heterocycles. The van der Waals surface area contributed by atoms with Gasteiger partial charge in [0.15, 0.2) is 0 Å². The summed E-state index contributed by atoms with van der Waals surface area (Å²) >= 11 is 0. The molecule has 1 saturated carbocycles. The van der Waals surface area contributed by atoms with Crippen LogP contribution in [0.2, 0.25) is 0 Å². The van der Waals surface area contributed by atoms with Crippen molar-refractivity contribution in [3.05, 3.63) is 23.8 Å². The van der Waals surface area contributed by atoms with Gasteiger partial charge in [-0.2, -0.15) is 13.2 Å². The molecule has 1 aromatic rings. The molecule has 0 spiro atoms. The Labute approximate surface area is 121 Å². The van der Waals surface area contributed by atoms with Gasteiger partial charge in [0.05, 0.1) is 0 Å². The lowest BCUT2D eigenvalue weighted by atomic mass is 10.0. The van der Waals surface area contributed by atoms with E-state index in [1.165, 1.54) is 24.8 Å². The van der Waals surface area contributed by atoms with E-state index in [0.717, 1.165) is 37.2 Å². The van der Waals surface area contributed by atoms with E-state index in [2.05, 4.69) is 15.3 Å². The third-order valence-corrected chi connectivity index (χ3v) is 3.54. The van der Waals surface area contributed by atoms with E-state index in [1.807, 2.05) is 12.4 Å². The first-order valence-corrected chi connectivity index (χ1v) is 7.02. The van der Waals surface area contributed by atoms with Crippen LogP contribution in [0.3, 0.4) is 0 Å². The number of hydrogen-bond donors (Lipinski definition) is 1. The highest BCUT2D eigenvalue weighted by Gasteiger charge is 2.25. The zero-order valence-corrected chi connectivity index (χ0v) is 11.6. The van der Waals surface area contributed by atoms with Crippen molar-refractivity contribution in [3.8, 4) is 0 Å². The van der Waals surface area contributed by atoms with Crippen LogP contribution >= 0.6 is 0 Å². The largest absolute Gasteiger partial charge is 0.446 e. The molecule has 0 unspecified atom stereocenters. The molecule has 1 aliphatic carbocycles. The molecule has 1 saturated heterocycles. The minimum atomic E-state index is -4.64. The normalized spacial score (nSPS) is 21.6. The van der Waals surface area contributed by atoms with E-state index in [0.29, 0.717) is 0 Å². The lowest BCUT2D eigenvalue weighted by Crippen LogP contribution is -2.12. The second-order valence-corrected chi connectivity index (χ2v) is 5.43. The molecule has 0 amide bonds. The fourth-order valence-electron chi connectivity index (χ4n) is 2.24. The van der Waals surface area contributed by atoms with Gasteiger partial charge in [0, 0.05) is 18.8 Å². The SMILES string of the molecule is O=CC(F)(F)F.c1nc(C[C@@H]2CCNC2)ncc1C1CC1. The lowest BCUT2D eigenvalue weighted by Gasteiger charge is -2.06. The number of halogens is 3. The molecule has 1 N–H and O–H groups in total. The van der Waals surface area contributed by atoms with Gasteiger partial charge in [0.25, 0.3) is 0 Å². The van der Waals surface area contributed by atoms with Gasteiger partial charge in [0.2, 0.25) is 6.29 Å². The summed E-state index contributed by atoms with van der Waals surface area (Å²) in [6.45, 7) is 2.29. The Kier molecular flexibility index (Phi) is 5.27. The highest BCUT2D eigenvalue weighted by Crippen LogP contribution is 2.39. The first-order valence-electron chi connectivity index (χ1n) is 7.02. The Hall–Kier alpha value is -1.50. The smallest absolute Gasteiger partial charge is 0.316 e. The van der Waals surface area contributed by atoms with Gasteiger partial charge >= 0.3 is 6.18 Å². The minimum absolute atomic E-state index is 0.747. The van der Waals surface area contributed by atoms with E-state index in [4.69, 9.17) is 4.79 Å². The van der Waals surface area contributed by atoms with Crippen molar-refractivity contribution in [1.29, 1.82) is 0 Å². The van der Waals surface area contributed by atoms with Crippen LogP contribution in [0.1, 0.15) is 36.6 Å². The average molecular weight is 301 g/mol. The van der Waals surface area contributed by atoms with Gasteiger partial charge in [-0.3, -0.25) is 4.79 Å². The molecule has 21 heavy (non-hydrogen) atoms. The van der Waals surface area contributed by atoms with Gasteiger partial charge in [-0.1, -0.05) is 0 Å². The Morgan fingerprint density at radius 3 is 2.29 bits per heavy atom. The van der Waals surface area contributed by atoms with Crippen molar-refractivity contribution < 1.29 is 18.0 Å². The summed E-state index contributed by atoms with van der Waals surface area (Å²) in [6.07, 6.45) is 3.33. The third-order valence-electron chi connectivity index (χ3n) is 3.54. The van der Waals surface area contributed by atoms with Crippen molar-refractivity contribution in [2.45, 2.75) is 37.8 Å². The number of nitrogens with one attached hydrogen (secondary N) is 1. The number of aromatic nitrogens is 2. The standard InChI is InChI=1S/C12H17N3.C2HF3O/c1-2-10(1)11-7-14-12(15-8-11)5-9-3-4-13-6-9;3-2(4,5)1-6/h7-10,13H,1-6H2;1H/t9-;/m0./s1. The van der Waals surface area contributed by atoms with Crippen LogP contribution in [-0.4, -0.2) is 35.5 Å². The average Bonchev–Trinajstić information content (AvgIpc) is 3.18. The summed E-state index contributed by atoms with van der Waals surface area (Å²) in [4.78, 5) is 17.6. The predicted molar refractivity (Wildman–Crippen MR) is 70.8 cm³/mol. The minimum Gasteiger partial charge on any atom is -0.316 e. The van der Waals surface area contributed by atoms with Crippen LogP contribution in [0.4, 0.5) is 13.2 Å². The van der Waals surface area contributed by atoms with E-state index in [1.54, 1.807) is 0 Å². The fraction of sp³-hybridized carbons (Fsp3) is 0.643. The molecule has 0 radical (unpaired) electrons. The predicted octanol–water partition coefficient (Wildman–Crippen LogP) is 2.25. The summed E-state index contributed by atoms with van der Waals surface area (Å²) in [5.41, 5.74) is 1.34.